The maximum atomic E-state index is 12.7. The van der Waals surface area contributed by atoms with Crippen LogP contribution in [0.5, 0.6) is 0 Å². The van der Waals surface area contributed by atoms with Crippen LogP contribution in [0.25, 0.3) is 0 Å². The Bertz CT molecular complexity index is 834. The lowest BCUT2D eigenvalue weighted by atomic mass is 10.0. The van der Waals surface area contributed by atoms with Crippen molar-refractivity contribution >= 4 is 0 Å². The van der Waals surface area contributed by atoms with E-state index in [9.17, 15) is 26.3 Å². The standard InChI is InChI=1S/C12H17F3N4O.C7H5F3/c13-12(14,15)10-4-19-2-1-18(5-11(19)17-10)9-3-8(16)6-20-7-9;1-4-2-6(9)7(10)3-5(4)8/h4,8-9H,1-3,5-7,16H2;2-3H,1H3/t8-,9+;/m0./s1. The molecule has 2 aliphatic heterocycles. The number of aryl methyl sites for hydroxylation is 1. The van der Waals surface area contributed by atoms with Gasteiger partial charge >= 0.3 is 6.18 Å². The Labute approximate surface area is 169 Å². The van der Waals surface area contributed by atoms with Crippen molar-refractivity contribution in [2.24, 2.45) is 5.73 Å². The summed E-state index contributed by atoms with van der Waals surface area (Å²) in [7, 11) is 0. The van der Waals surface area contributed by atoms with E-state index in [4.69, 9.17) is 10.5 Å². The van der Waals surface area contributed by atoms with Crippen molar-refractivity contribution in [3.8, 4) is 0 Å². The first kappa shape index (κ1) is 22.6. The van der Waals surface area contributed by atoms with Crippen LogP contribution in [0.4, 0.5) is 26.3 Å². The van der Waals surface area contributed by atoms with Gasteiger partial charge in [-0.05, 0) is 25.0 Å². The number of ether oxygens (including phenoxy) is 1. The molecule has 0 spiro atoms. The number of hydrogen-bond donors (Lipinski definition) is 1. The molecule has 2 N–H and O–H groups in total. The highest BCUT2D eigenvalue weighted by molar-refractivity contribution is 5.18. The van der Waals surface area contributed by atoms with Crippen molar-refractivity contribution in [3.63, 3.8) is 0 Å². The van der Waals surface area contributed by atoms with Gasteiger partial charge in [-0.3, -0.25) is 4.90 Å². The van der Waals surface area contributed by atoms with Gasteiger partial charge in [0.05, 0.1) is 19.8 Å². The van der Waals surface area contributed by atoms with Gasteiger partial charge in [0.1, 0.15) is 11.6 Å². The van der Waals surface area contributed by atoms with E-state index in [0.29, 0.717) is 44.7 Å². The Hall–Kier alpha value is -2.11. The molecule has 1 saturated heterocycles. The van der Waals surface area contributed by atoms with Crippen LogP contribution in [0.3, 0.4) is 0 Å². The van der Waals surface area contributed by atoms with Crippen LogP contribution < -0.4 is 5.73 Å². The normalized spacial score (nSPS) is 22.3. The molecule has 0 saturated carbocycles. The Balaban J connectivity index is 0.000000216. The summed E-state index contributed by atoms with van der Waals surface area (Å²) < 4.78 is 81.7. The lowest BCUT2D eigenvalue weighted by molar-refractivity contribution is -0.141. The summed E-state index contributed by atoms with van der Waals surface area (Å²) in [4.78, 5) is 5.82. The van der Waals surface area contributed by atoms with Crippen LogP contribution in [0, 0.1) is 24.4 Å². The largest absolute Gasteiger partial charge is 0.434 e. The third-order valence-electron chi connectivity index (χ3n) is 5.06. The lowest BCUT2D eigenvalue weighted by Gasteiger charge is -2.38. The van der Waals surface area contributed by atoms with Crippen LogP contribution in [-0.4, -0.2) is 46.3 Å². The van der Waals surface area contributed by atoms with Crippen LogP contribution in [0.2, 0.25) is 0 Å². The SMILES string of the molecule is Cc1cc(F)c(F)cc1F.N[C@@H]1COC[C@H](N2CCn3cc(C(F)(F)F)nc3C2)C1. The fraction of sp³-hybridized carbons (Fsp3) is 0.526. The van der Waals surface area contributed by atoms with E-state index in [-0.39, 0.29) is 17.6 Å². The molecule has 4 rings (SSSR count). The average molecular weight is 436 g/mol. The minimum absolute atomic E-state index is 0.00107. The number of nitrogens with zero attached hydrogens (tertiary/aromatic N) is 3. The fourth-order valence-corrected chi connectivity index (χ4v) is 3.44. The third kappa shape index (κ3) is 5.32. The Kier molecular flexibility index (Phi) is 6.73. The molecule has 0 radical (unpaired) electrons. The molecule has 2 aliphatic rings. The summed E-state index contributed by atoms with van der Waals surface area (Å²) in [6, 6.07) is 1.52. The zero-order valence-electron chi connectivity index (χ0n) is 16.2. The fourth-order valence-electron chi connectivity index (χ4n) is 3.44. The van der Waals surface area contributed by atoms with E-state index < -0.39 is 29.3 Å². The number of alkyl halides is 3. The molecule has 2 atom stereocenters. The van der Waals surface area contributed by atoms with Crippen molar-refractivity contribution < 1.29 is 31.1 Å². The van der Waals surface area contributed by atoms with E-state index in [1.165, 1.54) is 6.92 Å². The predicted molar refractivity (Wildman–Crippen MR) is 95.9 cm³/mol. The minimum atomic E-state index is -4.38. The summed E-state index contributed by atoms with van der Waals surface area (Å²) in [5.74, 6) is -2.43. The molecule has 2 aromatic rings. The summed E-state index contributed by atoms with van der Waals surface area (Å²) in [6.45, 7) is 4.14. The van der Waals surface area contributed by atoms with Gasteiger partial charge in [-0.1, -0.05) is 0 Å². The molecule has 0 unspecified atom stereocenters. The van der Waals surface area contributed by atoms with Crippen molar-refractivity contribution in [1.29, 1.82) is 0 Å². The van der Waals surface area contributed by atoms with Gasteiger partial charge in [0.15, 0.2) is 17.3 Å². The van der Waals surface area contributed by atoms with Crippen molar-refractivity contribution in [2.75, 3.05) is 19.8 Å². The molecule has 0 amide bonds. The average Bonchev–Trinajstić information content (AvgIpc) is 3.11. The van der Waals surface area contributed by atoms with Gasteiger partial charge in [-0.15, -0.1) is 0 Å². The number of halogens is 6. The quantitative estimate of drug-likeness (QED) is 0.551. The number of fused-ring (bicyclic) bond motifs is 1. The van der Waals surface area contributed by atoms with Crippen molar-refractivity contribution in [1.82, 2.24) is 14.5 Å². The molecule has 5 nitrogen and oxygen atoms in total. The van der Waals surface area contributed by atoms with Crippen LogP contribution in [0.1, 0.15) is 23.5 Å². The second-order valence-electron chi connectivity index (χ2n) is 7.41. The van der Waals surface area contributed by atoms with Crippen LogP contribution in [0.15, 0.2) is 18.3 Å². The molecule has 1 aromatic carbocycles. The minimum Gasteiger partial charge on any atom is -0.378 e. The Morgan fingerprint density at radius 3 is 2.40 bits per heavy atom. The second kappa shape index (κ2) is 8.94. The lowest BCUT2D eigenvalue weighted by Crippen LogP contribution is -2.50. The second-order valence-corrected chi connectivity index (χ2v) is 7.41. The van der Waals surface area contributed by atoms with Gasteiger partial charge in [-0.2, -0.15) is 13.2 Å². The van der Waals surface area contributed by atoms with Gasteiger partial charge in [0.25, 0.3) is 0 Å². The summed E-state index contributed by atoms with van der Waals surface area (Å²) >= 11 is 0. The highest BCUT2D eigenvalue weighted by Crippen LogP contribution is 2.30. The van der Waals surface area contributed by atoms with E-state index in [0.717, 1.165) is 18.7 Å². The van der Waals surface area contributed by atoms with Gasteiger partial charge < -0.3 is 15.0 Å². The number of imidazole rings is 1. The molecule has 0 bridgehead atoms. The summed E-state index contributed by atoms with van der Waals surface area (Å²) in [5, 5.41) is 0. The first-order chi connectivity index (χ1) is 14.0. The smallest absolute Gasteiger partial charge is 0.378 e. The van der Waals surface area contributed by atoms with Crippen molar-refractivity contribution in [3.05, 3.63) is 52.9 Å². The van der Waals surface area contributed by atoms with Crippen molar-refractivity contribution in [2.45, 2.75) is 44.7 Å². The Morgan fingerprint density at radius 2 is 1.77 bits per heavy atom. The van der Waals surface area contributed by atoms with E-state index >= 15 is 0 Å². The zero-order valence-corrected chi connectivity index (χ0v) is 16.2. The molecule has 1 fully saturated rings. The van der Waals surface area contributed by atoms with E-state index in [1.807, 2.05) is 0 Å². The molecule has 1 aromatic heterocycles. The molecular weight excluding hydrogens is 414 g/mol. The third-order valence-corrected chi connectivity index (χ3v) is 5.06. The Morgan fingerprint density at radius 1 is 1.07 bits per heavy atom. The predicted octanol–water partition coefficient (Wildman–Crippen LogP) is 3.25. The number of benzene rings is 1. The molecule has 166 valence electrons. The maximum absolute atomic E-state index is 12.7. The van der Waals surface area contributed by atoms with Gasteiger partial charge in [0, 0.05) is 37.4 Å². The van der Waals surface area contributed by atoms with Gasteiger partial charge in [0.2, 0.25) is 0 Å². The van der Waals surface area contributed by atoms with E-state index in [1.54, 1.807) is 4.57 Å². The number of aromatic nitrogens is 2. The van der Waals surface area contributed by atoms with Crippen LogP contribution in [-0.2, 0) is 24.0 Å². The number of hydrogen-bond acceptors (Lipinski definition) is 4. The first-order valence-electron chi connectivity index (χ1n) is 9.36. The molecule has 11 heteroatoms. The molecule has 30 heavy (non-hydrogen) atoms. The summed E-state index contributed by atoms with van der Waals surface area (Å²) in [5.41, 5.74) is 5.16. The van der Waals surface area contributed by atoms with Gasteiger partial charge in [-0.25, -0.2) is 18.2 Å². The molecule has 3 heterocycles. The summed E-state index contributed by atoms with van der Waals surface area (Å²) in [6.07, 6.45) is -2.48. The monoisotopic (exact) mass is 436 g/mol. The highest BCUT2D eigenvalue weighted by atomic mass is 19.4. The maximum Gasteiger partial charge on any atom is 0.434 e. The first-order valence-corrected chi connectivity index (χ1v) is 9.36. The van der Waals surface area contributed by atoms with E-state index in [2.05, 4.69) is 9.88 Å². The zero-order chi connectivity index (χ0) is 22.1. The topological polar surface area (TPSA) is 56.3 Å². The van der Waals surface area contributed by atoms with Crippen LogP contribution >= 0.6 is 0 Å². The molecular formula is C19H22F6N4O. The molecule has 0 aliphatic carbocycles. The highest BCUT2D eigenvalue weighted by Gasteiger charge is 2.36. The number of nitrogens with two attached hydrogens (primary N) is 1. The number of rotatable bonds is 1.